The summed E-state index contributed by atoms with van der Waals surface area (Å²) in [7, 11) is -1.77. The molecule has 1 unspecified atom stereocenters. The second kappa shape index (κ2) is 22.6. The van der Waals surface area contributed by atoms with E-state index in [2.05, 4.69) is 372 Å². The van der Waals surface area contributed by atoms with E-state index in [4.69, 9.17) is 4.42 Å². The van der Waals surface area contributed by atoms with Crippen molar-refractivity contribution < 1.29 is 4.42 Å². The number of para-hydroxylation sites is 3. The fourth-order valence-electron chi connectivity index (χ4n) is 13.8. The summed E-state index contributed by atoms with van der Waals surface area (Å²) in [5, 5.41) is 3.60. The third-order valence-corrected chi connectivity index (χ3v) is 21.0. The Labute approximate surface area is 542 Å². The number of hydrogen-bond acceptors (Lipinski definition) is 4. The molecular formula is C86H87N3OSi. The predicted molar refractivity (Wildman–Crippen MR) is 393 cm³/mol. The van der Waals surface area contributed by atoms with Gasteiger partial charge in [0.05, 0.1) is 19.2 Å². The lowest BCUT2D eigenvalue weighted by atomic mass is 9.67. The molecule has 456 valence electrons. The van der Waals surface area contributed by atoms with Crippen LogP contribution >= 0.6 is 0 Å². The van der Waals surface area contributed by atoms with E-state index in [0.29, 0.717) is 0 Å². The molecule has 1 atom stereocenters. The third-order valence-electron chi connectivity index (χ3n) is 18.9. The Kier molecular flexibility index (Phi) is 15.1. The van der Waals surface area contributed by atoms with Gasteiger partial charge in [0.2, 0.25) is 0 Å². The van der Waals surface area contributed by atoms with Crippen LogP contribution in [0.5, 0.6) is 0 Å². The van der Waals surface area contributed by atoms with Gasteiger partial charge in [0.1, 0.15) is 5.58 Å². The maximum absolute atomic E-state index is 7.40. The van der Waals surface area contributed by atoms with E-state index in [-0.39, 0.29) is 21.7 Å². The van der Waals surface area contributed by atoms with Crippen molar-refractivity contribution in [3.8, 4) is 11.1 Å². The van der Waals surface area contributed by atoms with Gasteiger partial charge in [-0.2, -0.15) is 0 Å². The maximum Gasteiger partial charge on any atom is 0.160 e. The Balaban J connectivity index is 1.15. The molecule has 0 spiro atoms. The van der Waals surface area contributed by atoms with Crippen molar-refractivity contribution in [2.24, 2.45) is 0 Å². The second-order valence-corrected chi connectivity index (χ2v) is 35.4. The van der Waals surface area contributed by atoms with Crippen LogP contribution in [0.2, 0.25) is 19.6 Å². The minimum atomic E-state index is -1.77. The van der Waals surface area contributed by atoms with Gasteiger partial charge in [-0.25, -0.2) is 0 Å². The Morgan fingerprint density at radius 3 is 1.11 bits per heavy atom. The summed E-state index contributed by atoms with van der Waals surface area (Å²) >= 11 is 0. The zero-order valence-corrected chi connectivity index (χ0v) is 57.0. The van der Waals surface area contributed by atoms with Gasteiger partial charge in [-0.15, -0.1) is 0 Å². The van der Waals surface area contributed by atoms with Crippen LogP contribution in [0.3, 0.4) is 0 Å². The van der Waals surface area contributed by atoms with Gasteiger partial charge in [-0.1, -0.05) is 254 Å². The molecule has 0 aliphatic heterocycles. The van der Waals surface area contributed by atoms with Gasteiger partial charge in [0.15, 0.2) is 5.58 Å². The molecule has 0 N–H and O–H groups in total. The average Bonchev–Trinajstić information content (AvgIpc) is 1.52. The Hall–Kier alpha value is -9.16. The predicted octanol–water partition coefficient (Wildman–Crippen LogP) is 24.1. The summed E-state index contributed by atoms with van der Waals surface area (Å²) < 4.78 is 7.40. The number of rotatable bonds is 12. The topological polar surface area (TPSA) is 22.9 Å². The number of anilines is 9. The fraction of sp³-hybridized carbons (Fsp3) is 0.233. The van der Waals surface area contributed by atoms with Crippen molar-refractivity contribution in [1.82, 2.24) is 0 Å². The zero-order chi connectivity index (χ0) is 64.0. The van der Waals surface area contributed by atoms with Crippen LogP contribution < -0.4 is 19.9 Å². The highest BCUT2D eigenvalue weighted by Crippen LogP contribution is 2.62. The lowest BCUT2D eigenvalue weighted by Crippen LogP contribution is -2.38. The summed E-state index contributed by atoms with van der Waals surface area (Å²) in [6.45, 7) is 34.8. The average molecular weight is 1210 g/mol. The number of fused-ring (bicyclic) bond motifs is 7. The molecular weight excluding hydrogens is 1120 g/mol. The van der Waals surface area contributed by atoms with Crippen LogP contribution in [0.25, 0.3) is 33.1 Å². The standard InChI is InChI=1S/C86H87N3OSi/c1-82(2,3)58-30-42-66(43-31-58)87(67-44-32-59(33-45-67)83(4,5)6)68-50-38-62(39-51-68)86(63-40-53-72(54-41-63)91(13,14)15)75-56-71(88(64-24-18-16-19-25-64)69-46-34-60(35-47-69)84(7,8)9)52-55-73(75)79-76(86)57-77(81-80(79)74-28-22-23-29-78(74)90-81)89(65-26-20-17-21-27-65)70-48-36-61(37-49-70)85(10,11)12/h16-57H,1-15H3. The van der Waals surface area contributed by atoms with Gasteiger partial charge in [0, 0.05) is 56.3 Å². The molecule has 0 amide bonds. The molecule has 0 saturated carbocycles. The molecule has 11 aromatic carbocycles. The summed E-state index contributed by atoms with van der Waals surface area (Å²) in [6, 6.07) is 96.4. The minimum Gasteiger partial charge on any atom is -0.454 e. The first kappa shape index (κ1) is 60.7. The van der Waals surface area contributed by atoms with E-state index < -0.39 is 13.5 Å². The van der Waals surface area contributed by atoms with Crippen molar-refractivity contribution in [3.63, 3.8) is 0 Å². The van der Waals surface area contributed by atoms with Crippen LogP contribution in [-0.2, 0) is 27.1 Å². The molecule has 5 heteroatoms. The van der Waals surface area contributed by atoms with E-state index in [0.717, 1.165) is 73.1 Å². The van der Waals surface area contributed by atoms with E-state index in [1.54, 1.807) is 0 Å². The molecule has 4 nitrogen and oxygen atoms in total. The van der Waals surface area contributed by atoms with Gasteiger partial charge in [-0.3, -0.25) is 0 Å². The van der Waals surface area contributed by atoms with Crippen molar-refractivity contribution in [2.75, 3.05) is 14.7 Å². The van der Waals surface area contributed by atoms with Gasteiger partial charge >= 0.3 is 0 Å². The molecule has 0 radical (unpaired) electrons. The molecule has 1 heterocycles. The Bertz CT molecular complexity index is 4530. The minimum absolute atomic E-state index is 0.00611. The highest BCUT2D eigenvalue weighted by molar-refractivity contribution is 6.88. The molecule has 0 saturated heterocycles. The van der Waals surface area contributed by atoms with E-state index in [1.165, 1.54) is 60.8 Å². The van der Waals surface area contributed by atoms with Crippen molar-refractivity contribution in [3.05, 3.63) is 299 Å². The van der Waals surface area contributed by atoms with Gasteiger partial charge < -0.3 is 19.1 Å². The summed E-state index contributed by atoms with van der Waals surface area (Å²) in [5.41, 5.74) is 22.7. The summed E-state index contributed by atoms with van der Waals surface area (Å²) in [5.74, 6) is 0. The quantitative estimate of drug-likeness (QED) is 0.114. The maximum atomic E-state index is 7.40. The van der Waals surface area contributed by atoms with E-state index >= 15 is 0 Å². The number of hydrogen-bond donors (Lipinski definition) is 0. The first-order valence-corrected chi connectivity index (χ1v) is 36.1. The van der Waals surface area contributed by atoms with E-state index in [1.807, 2.05) is 0 Å². The Morgan fingerprint density at radius 1 is 0.330 bits per heavy atom. The van der Waals surface area contributed by atoms with Crippen LogP contribution in [0.4, 0.5) is 51.2 Å². The van der Waals surface area contributed by atoms with Crippen LogP contribution in [0.15, 0.2) is 259 Å². The van der Waals surface area contributed by atoms with Crippen LogP contribution in [-0.4, -0.2) is 8.07 Å². The lowest BCUT2D eigenvalue weighted by Gasteiger charge is -2.36. The van der Waals surface area contributed by atoms with Gasteiger partial charge in [0.25, 0.3) is 0 Å². The smallest absolute Gasteiger partial charge is 0.160 e. The largest absolute Gasteiger partial charge is 0.454 e. The lowest BCUT2D eigenvalue weighted by molar-refractivity contribution is 0.590. The monoisotopic (exact) mass is 1210 g/mol. The molecule has 13 rings (SSSR count). The molecule has 91 heavy (non-hydrogen) atoms. The number of furan rings is 1. The highest BCUT2D eigenvalue weighted by Gasteiger charge is 2.49. The first-order valence-electron chi connectivity index (χ1n) is 32.6. The van der Waals surface area contributed by atoms with Crippen molar-refractivity contribution >= 4 is 86.4 Å². The third kappa shape index (κ3) is 11.1. The SMILES string of the molecule is CC(C)(C)c1ccc(N(c2ccc(C(C)(C)C)cc2)c2ccc(C3(c4ccc([Si](C)(C)C)cc4)c4cc(N(c5ccccc5)c5ccc(C(C)(C)C)cc5)ccc4-c4c3cc(N(c3ccccc3)c3ccc(C(C)(C)C)cc3)c3oc5ccccc5c43)cc2)cc1. The molecule has 1 aliphatic carbocycles. The summed E-state index contributed by atoms with van der Waals surface area (Å²) in [6.07, 6.45) is 0. The van der Waals surface area contributed by atoms with Gasteiger partial charge in [-0.05, 0) is 186 Å². The molecule has 1 aromatic heterocycles. The Morgan fingerprint density at radius 2 is 0.681 bits per heavy atom. The zero-order valence-electron chi connectivity index (χ0n) is 56.0. The first-order chi connectivity index (χ1) is 43.3. The van der Waals surface area contributed by atoms with E-state index in [9.17, 15) is 0 Å². The van der Waals surface area contributed by atoms with Crippen LogP contribution in [0.1, 0.15) is 128 Å². The highest BCUT2D eigenvalue weighted by atomic mass is 28.3. The van der Waals surface area contributed by atoms with Crippen LogP contribution in [0, 0.1) is 0 Å². The van der Waals surface area contributed by atoms with Crippen molar-refractivity contribution in [2.45, 2.75) is 130 Å². The molecule has 0 fully saturated rings. The fourth-order valence-corrected chi connectivity index (χ4v) is 14.9. The molecule has 12 aromatic rings. The van der Waals surface area contributed by atoms with Crippen molar-refractivity contribution in [1.29, 1.82) is 0 Å². The summed E-state index contributed by atoms with van der Waals surface area (Å²) in [4.78, 5) is 7.30. The molecule has 1 aliphatic rings. The number of benzene rings is 11. The second-order valence-electron chi connectivity index (χ2n) is 30.3. The molecule has 0 bridgehead atoms. The number of nitrogens with zero attached hydrogens (tertiary/aromatic N) is 3. The normalized spacial score (nSPS) is 14.4.